The van der Waals surface area contributed by atoms with E-state index in [0.717, 1.165) is 12.1 Å². The predicted molar refractivity (Wildman–Crippen MR) is 90.5 cm³/mol. The second kappa shape index (κ2) is 6.80. The van der Waals surface area contributed by atoms with E-state index in [1.54, 1.807) is 31.2 Å². The van der Waals surface area contributed by atoms with Crippen LogP contribution in [0.1, 0.15) is 22.0 Å². The van der Waals surface area contributed by atoms with Gasteiger partial charge in [0.1, 0.15) is 5.82 Å². The zero-order valence-electron chi connectivity index (χ0n) is 13.4. The van der Waals surface area contributed by atoms with Crippen LogP contribution in [0.25, 0.3) is 5.69 Å². The average molecular weight is 381 g/mol. The number of nitrogens with one attached hydrogen (secondary N) is 1. The van der Waals surface area contributed by atoms with Crippen molar-refractivity contribution in [3.05, 3.63) is 70.8 Å². The number of rotatable bonds is 3. The van der Waals surface area contributed by atoms with Gasteiger partial charge in [-0.1, -0.05) is 17.7 Å². The van der Waals surface area contributed by atoms with Crippen molar-refractivity contribution >= 4 is 23.2 Å². The van der Waals surface area contributed by atoms with Crippen molar-refractivity contribution in [2.45, 2.75) is 13.1 Å². The Labute approximate surface area is 151 Å². The Balaban J connectivity index is 1.87. The molecule has 1 amide bonds. The van der Waals surface area contributed by atoms with Gasteiger partial charge in [0.25, 0.3) is 5.91 Å². The summed E-state index contributed by atoms with van der Waals surface area (Å²) in [6.45, 7) is 1.55. The normalized spacial score (nSPS) is 11.4. The van der Waals surface area contributed by atoms with Crippen LogP contribution in [-0.4, -0.2) is 20.7 Å². The van der Waals surface area contributed by atoms with Crippen LogP contribution in [0, 0.1) is 6.92 Å². The molecule has 0 aliphatic rings. The lowest BCUT2D eigenvalue weighted by Crippen LogP contribution is -2.14. The Morgan fingerprint density at radius 2 is 1.85 bits per heavy atom. The maximum absolute atomic E-state index is 12.9. The summed E-state index contributed by atoms with van der Waals surface area (Å²) in [5.74, 6) is -0.457. The van der Waals surface area contributed by atoms with E-state index in [9.17, 15) is 18.0 Å². The molecular weight excluding hydrogens is 369 g/mol. The number of amides is 1. The number of carbonyl (C=O) groups is 1. The highest BCUT2D eigenvalue weighted by Gasteiger charge is 2.30. The minimum atomic E-state index is -4.47. The van der Waals surface area contributed by atoms with Crippen molar-refractivity contribution in [3.8, 4) is 5.69 Å². The van der Waals surface area contributed by atoms with E-state index in [1.807, 2.05) is 0 Å². The van der Waals surface area contributed by atoms with Crippen LogP contribution in [0.3, 0.4) is 0 Å². The standard InChI is InChI=1S/C17H12ClF3N4O/c1-10-22-15(16(26)23-13-7-5-12(18)6-8-13)24-25(10)14-4-2-3-11(9-14)17(19,20)21/h2-9H,1H3,(H,23,26). The summed E-state index contributed by atoms with van der Waals surface area (Å²) in [4.78, 5) is 16.3. The molecule has 0 aliphatic heterocycles. The smallest absolute Gasteiger partial charge is 0.319 e. The number of hydrogen-bond acceptors (Lipinski definition) is 3. The Bertz CT molecular complexity index is 951. The maximum atomic E-state index is 12.9. The number of carbonyl (C=O) groups excluding carboxylic acids is 1. The first-order valence-electron chi connectivity index (χ1n) is 7.42. The number of aryl methyl sites for hydroxylation is 1. The molecule has 134 valence electrons. The molecule has 1 aromatic heterocycles. The fourth-order valence-electron chi connectivity index (χ4n) is 2.27. The third-order valence-corrected chi connectivity index (χ3v) is 3.74. The molecule has 1 N–H and O–H groups in total. The molecule has 0 saturated heterocycles. The lowest BCUT2D eigenvalue weighted by atomic mass is 10.2. The molecule has 9 heteroatoms. The Morgan fingerprint density at radius 3 is 2.50 bits per heavy atom. The van der Waals surface area contributed by atoms with Crippen LogP contribution in [0.2, 0.25) is 5.02 Å². The molecule has 3 aromatic rings. The number of alkyl halides is 3. The molecular formula is C17H12ClF3N4O. The van der Waals surface area contributed by atoms with Crippen molar-refractivity contribution in [2.24, 2.45) is 0 Å². The highest BCUT2D eigenvalue weighted by atomic mass is 35.5. The lowest BCUT2D eigenvalue weighted by molar-refractivity contribution is -0.137. The van der Waals surface area contributed by atoms with Gasteiger partial charge in [-0.15, -0.1) is 5.10 Å². The van der Waals surface area contributed by atoms with Crippen LogP contribution in [0.5, 0.6) is 0 Å². The van der Waals surface area contributed by atoms with E-state index >= 15 is 0 Å². The summed E-state index contributed by atoms with van der Waals surface area (Å²) < 4.78 is 39.8. The van der Waals surface area contributed by atoms with Crippen LogP contribution < -0.4 is 5.32 Å². The number of benzene rings is 2. The molecule has 2 aromatic carbocycles. The van der Waals surface area contributed by atoms with Gasteiger partial charge in [-0.05, 0) is 49.4 Å². The third-order valence-electron chi connectivity index (χ3n) is 3.49. The second-order valence-corrected chi connectivity index (χ2v) is 5.84. The van der Waals surface area contributed by atoms with Gasteiger partial charge in [0.15, 0.2) is 0 Å². The monoisotopic (exact) mass is 380 g/mol. The van der Waals surface area contributed by atoms with Crippen molar-refractivity contribution in [1.82, 2.24) is 14.8 Å². The average Bonchev–Trinajstić information content (AvgIpc) is 2.98. The molecule has 0 saturated carbocycles. The summed E-state index contributed by atoms with van der Waals surface area (Å²) in [7, 11) is 0. The van der Waals surface area contributed by atoms with Gasteiger partial charge in [0.05, 0.1) is 11.3 Å². The molecule has 0 spiro atoms. The number of aromatic nitrogens is 3. The second-order valence-electron chi connectivity index (χ2n) is 5.40. The summed E-state index contributed by atoms with van der Waals surface area (Å²) in [6, 6.07) is 11.1. The highest BCUT2D eigenvalue weighted by Crippen LogP contribution is 2.30. The van der Waals surface area contributed by atoms with Gasteiger partial charge in [-0.25, -0.2) is 9.67 Å². The first-order chi connectivity index (χ1) is 12.2. The fraction of sp³-hybridized carbons (Fsp3) is 0.118. The minimum absolute atomic E-state index is 0.158. The molecule has 26 heavy (non-hydrogen) atoms. The zero-order valence-corrected chi connectivity index (χ0v) is 14.1. The molecule has 3 rings (SSSR count). The van der Waals surface area contributed by atoms with Crippen LogP contribution in [0.15, 0.2) is 48.5 Å². The molecule has 5 nitrogen and oxygen atoms in total. The fourth-order valence-corrected chi connectivity index (χ4v) is 2.39. The zero-order chi connectivity index (χ0) is 18.9. The van der Waals surface area contributed by atoms with Gasteiger partial charge in [0, 0.05) is 10.7 Å². The summed E-state index contributed by atoms with van der Waals surface area (Å²) >= 11 is 5.78. The van der Waals surface area contributed by atoms with Crippen molar-refractivity contribution in [1.29, 1.82) is 0 Å². The molecule has 0 aliphatic carbocycles. The van der Waals surface area contributed by atoms with E-state index in [4.69, 9.17) is 11.6 Å². The van der Waals surface area contributed by atoms with Gasteiger partial charge in [-0.3, -0.25) is 4.79 Å². The Hall–Kier alpha value is -2.87. The van der Waals surface area contributed by atoms with E-state index in [2.05, 4.69) is 15.4 Å². The van der Waals surface area contributed by atoms with Crippen LogP contribution in [-0.2, 0) is 6.18 Å². The van der Waals surface area contributed by atoms with E-state index in [0.29, 0.717) is 10.7 Å². The highest BCUT2D eigenvalue weighted by molar-refractivity contribution is 6.30. The van der Waals surface area contributed by atoms with Crippen molar-refractivity contribution in [2.75, 3.05) is 5.32 Å². The van der Waals surface area contributed by atoms with Crippen molar-refractivity contribution in [3.63, 3.8) is 0 Å². The topological polar surface area (TPSA) is 59.8 Å². The number of halogens is 4. The van der Waals surface area contributed by atoms with E-state index in [-0.39, 0.29) is 17.3 Å². The van der Waals surface area contributed by atoms with Gasteiger partial charge >= 0.3 is 6.18 Å². The predicted octanol–water partition coefficient (Wildman–Crippen LogP) is 4.50. The Morgan fingerprint density at radius 1 is 1.15 bits per heavy atom. The lowest BCUT2D eigenvalue weighted by Gasteiger charge is -2.09. The largest absolute Gasteiger partial charge is 0.416 e. The molecule has 0 unspecified atom stereocenters. The third kappa shape index (κ3) is 3.85. The maximum Gasteiger partial charge on any atom is 0.416 e. The van der Waals surface area contributed by atoms with Crippen LogP contribution in [0.4, 0.5) is 18.9 Å². The summed E-state index contributed by atoms with van der Waals surface area (Å²) in [6.07, 6.45) is -4.47. The van der Waals surface area contributed by atoms with Gasteiger partial charge in [-0.2, -0.15) is 13.2 Å². The van der Waals surface area contributed by atoms with Gasteiger partial charge < -0.3 is 5.32 Å². The molecule has 0 bridgehead atoms. The van der Waals surface area contributed by atoms with Gasteiger partial charge in [0.2, 0.25) is 5.82 Å². The Kier molecular flexibility index (Phi) is 4.69. The number of anilines is 1. The molecule has 1 heterocycles. The molecule has 0 fully saturated rings. The molecule has 0 atom stereocenters. The van der Waals surface area contributed by atoms with Crippen LogP contribution >= 0.6 is 11.6 Å². The number of hydrogen-bond donors (Lipinski definition) is 1. The van der Waals surface area contributed by atoms with E-state index < -0.39 is 17.6 Å². The first kappa shape index (κ1) is 17.9. The summed E-state index contributed by atoms with van der Waals surface area (Å²) in [5.41, 5.74) is -0.153. The summed E-state index contributed by atoms with van der Waals surface area (Å²) in [5, 5.41) is 7.13. The first-order valence-corrected chi connectivity index (χ1v) is 7.80. The minimum Gasteiger partial charge on any atom is -0.319 e. The van der Waals surface area contributed by atoms with E-state index in [1.165, 1.54) is 16.8 Å². The molecule has 0 radical (unpaired) electrons. The van der Waals surface area contributed by atoms with Crippen molar-refractivity contribution < 1.29 is 18.0 Å². The number of nitrogens with zero attached hydrogens (tertiary/aromatic N) is 3. The SMILES string of the molecule is Cc1nc(C(=O)Nc2ccc(Cl)cc2)nn1-c1cccc(C(F)(F)F)c1. The quantitative estimate of drug-likeness (QED) is 0.727.